The minimum atomic E-state index is -0.213. The van der Waals surface area contributed by atoms with Crippen LogP contribution in [-0.4, -0.2) is 34.9 Å². The number of likely N-dealkylation sites (tertiary alicyclic amines) is 1. The zero-order valence-corrected chi connectivity index (χ0v) is 10.3. The van der Waals surface area contributed by atoms with Gasteiger partial charge < -0.3 is 15.3 Å². The van der Waals surface area contributed by atoms with E-state index in [1.54, 1.807) is 24.0 Å². The smallest absolute Gasteiger partial charge is 0.243 e. The van der Waals surface area contributed by atoms with Gasteiger partial charge in [-0.3, -0.25) is 9.59 Å². The monoisotopic (exact) mass is 248 g/mol. The third-order valence-corrected chi connectivity index (χ3v) is 2.99. The van der Waals surface area contributed by atoms with E-state index in [9.17, 15) is 14.7 Å². The molecule has 2 amide bonds. The van der Waals surface area contributed by atoms with Gasteiger partial charge in [-0.2, -0.15) is 0 Å². The fourth-order valence-electron chi connectivity index (χ4n) is 1.98. The number of nitrogens with zero attached hydrogens (tertiary/aromatic N) is 1. The Morgan fingerprint density at radius 1 is 1.50 bits per heavy atom. The minimum Gasteiger partial charge on any atom is -0.508 e. The summed E-state index contributed by atoms with van der Waals surface area (Å²) in [6, 6.07) is 4.86. The number of phenolic OH excluding ortho intramolecular Hbond substituents is 1. The van der Waals surface area contributed by atoms with Crippen LogP contribution in [0.2, 0.25) is 0 Å². The third-order valence-electron chi connectivity index (χ3n) is 2.99. The van der Waals surface area contributed by atoms with Gasteiger partial charge in [0.1, 0.15) is 5.75 Å². The Morgan fingerprint density at radius 2 is 2.28 bits per heavy atom. The Hall–Kier alpha value is -2.04. The van der Waals surface area contributed by atoms with Gasteiger partial charge in [-0.05, 0) is 37.1 Å². The molecule has 0 unspecified atom stereocenters. The van der Waals surface area contributed by atoms with E-state index in [-0.39, 0.29) is 24.1 Å². The molecule has 2 N–H and O–H groups in total. The van der Waals surface area contributed by atoms with Crippen LogP contribution in [0.25, 0.3) is 0 Å². The van der Waals surface area contributed by atoms with E-state index < -0.39 is 0 Å². The molecule has 1 aromatic rings. The summed E-state index contributed by atoms with van der Waals surface area (Å²) in [6.45, 7) is 2.51. The molecule has 0 spiro atoms. The van der Waals surface area contributed by atoms with Crippen molar-refractivity contribution in [2.75, 3.05) is 18.4 Å². The first kappa shape index (κ1) is 12.4. The molecular weight excluding hydrogens is 232 g/mol. The SMILES string of the molecule is Cc1cc(NC(=O)CN2CCCC2=O)ccc1O. The van der Waals surface area contributed by atoms with Crippen molar-refractivity contribution in [1.29, 1.82) is 0 Å². The Labute approximate surface area is 105 Å². The lowest BCUT2D eigenvalue weighted by Crippen LogP contribution is -2.33. The first-order chi connectivity index (χ1) is 8.56. The van der Waals surface area contributed by atoms with Crippen LogP contribution in [0.15, 0.2) is 18.2 Å². The molecule has 5 nitrogen and oxygen atoms in total. The van der Waals surface area contributed by atoms with Gasteiger partial charge in [0.05, 0.1) is 6.54 Å². The lowest BCUT2D eigenvalue weighted by atomic mass is 10.2. The van der Waals surface area contributed by atoms with Gasteiger partial charge in [0.25, 0.3) is 0 Å². The van der Waals surface area contributed by atoms with Crippen molar-refractivity contribution >= 4 is 17.5 Å². The lowest BCUT2D eigenvalue weighted by molar-refractivity contribution is -0.131. The molecule has 5 heteroatoms. The van der Waals surface area contributed by atoms with Crippen LogP contribution < -0.4 is 5.32 Å². The molecule has 0 aliphatic carbocycles. The van der Waals surface area contributed by atoms with Gasteiger partial charge in [0.2, 0.25) is 11.8 Å². The summed E-state index contributed by atoms with van der Waals surface area (Å²) in [7, 11) is 0. The van der Waals surface area contributed by atoms with Crippen molar-refractivity contribution in [1.82, 2.24) is 4.90 Å². The number of benzene rings is 1. The Morgan fingerprint density at radius 3 is 2.89 bits per heavy atom. The van der Waals surface area contributed by atoms with Crippen LogP contribution in [0.1, 0.15) is 18.4 Å². The first-order valence-electron chi connectivity index (χ1n) is 5.93. The highest BCUT2D eigenvalue weighted by molar-refractivity contribution is 5.95. The van der Waals surface area contributed by atoms with Gasteiger partial charge in [0, 0.05) is 18.7 Å². The predicted octanol–water partition coefficient (Wildman–Crippen LogP) is 1.26. The average molecular weight is 248 g/mol. The van der Waals surface area contributed by atoms with Crippen LogP contribution in [0.5, 0.6) is 5.75 Å². The van der Waals surface area contributed by atoms with E-state index in [1.165, 1.54) is 6.07 Å². The van der Waals surface area contributed by atoms with E-state index in [0.717, 1.165) is 6.42 Å². The maximum Gasteiger partial charge on any atom is 0.243 e. The summed E-state index contributed by atoms with van der Waals surface area (Å²) >= 11 is 0. The van der Waals surface area contributed by atoms with E-state index >= 15 is 0 Å². The number of rotatable bonds is 3. The molecule has 0 bridgehead atoms. The van der Waals surface area contributed by atoms with Crippen molar-refractivity contribution in [3.05, 3.63) is 23.8 Å². The maximum absolute atomic E-state index is 11.7. The number of amides is 2. The van der Waals surface area contributed by atoms with Gasteiger partial charge in [0.15, 0.2) is 0 Å². The number of hydrogen-bond acceptors (Lipinski definition) is 3. The predicted molar refractivity (Wildman–Crippen MR) is 67.3 cm³/mol. The van der Waals surface area contributed by atoms with Crippen molar-refractivity contribution in [3.63, 3.8) is 0 Å². The van der Waals surface area contributed by atoms with E-state index in [2.05, 4.69) is 5.32 Å². The highest BCUT2D eigenvalue weighted by Gasteiger charge is 2.22. The number of carbonyl (C=O) groups excluding carboxylic acids is 2. The average Bonchev–Trinajstić information content (AvgIpc) is 2.70. The zero-order chi connectivity index (χ0) is 13.1. The molecule has 96 valence electrons. The summed E-state index contributed by atoms with van der Waals surface area (Å²) in [4.78, 5) is 24.7. The summed E-state index contributed by atoms with van der Waals surface area (Å²) in [5, 5.41) is 12.1. The number of hydrogen-bond donors (Lipinski definition) is 2. The van der Waals surface area contributed by atoms with E-state index in [0.29, 0.717) is 24.2 Å². The summed E-state index contributed by atoms with van der Waals surface area (Å²) in [6.07, 6.45) is 1.36. The number of nitrogens with one attached hydrogen (secondary N) is 1. The molecule has 1 aliphatic heterocycles. The largest absolute Gasteiger partial charge is 0.508 e. The first-order valence-corrected chi connectivity index (χ1v) is 5.93. The Balaban J connectivity index is 1.94. The normalized spacial score (nSPS) is 14.9. The Kier molecular flexibility index (Phi) is 3.50. The van der Waals surface area contributed by atoms with E-state index in [1.807, 2.05) is 0 Å². The standard InChI is InChI=1S/C13H16N2O3/c1-9-7-10(4-5-11(9)16)14-12(17)8-15-6-2-3-13(15)18/h4-5,7,16H,2-3,6,8H2,1H3,(H,14,17). The van der Waals surface area contributed by atoms with Gasteiger partial charge in [-0.15, -0.1) is 0 Å². The van der Waals surface area contributed by atoms with Crippen molar-refractivity contribution < 1.29 is 14.7 Å². The number of aryl methyl sites for hydroxylation is 1. The van der Waals surface area contributed by atoms with Gasteiger partial charge >= 0.3 is 0 Å². The molecule has 1 aliphatic rings. The van der Waals surface area contributed by atoms with Gasteiger partial charge in [-0.1, -0.05) is 0 Å². The number of carbonyl (C=O) groups is 2. The van der Waals surface area contributed by atoms with Crippen LogP contribution in [0.4, 0.5) is 5.69 Å². The molecule has 18 heavy (non-hydrogen) atoms. The van der Waals surface area contributed by atoms with Crippen molar-refractivity contribution in [2.24, 2.45) is 0 Å². The van der Waals surface area contributed by atoms with Crippen LogP contribution >= 0.6 is 0 Å². The molecular formula is C13H16N2O3. The summed E-state index contributed by atoms with van der Waals surface area (Å²) in [5.41, 5.74) is 1.33. The highest BCUT2D eigenvalue weighted by Crippen LogP contribution is 2.20. The number of phenols is 1. The fraction of sp³-hybridized carbons (Fsp3) is 0.385. The lowest BCUT2D eigenvalue weighted by Gasteiger charge is -2.15. The fourth-order valence-corrected chi connectivity index (χ4v) is 1.98. The maximum atomic E-state index is 11.7. The van der Waals surface area contributed by atoms with Crippen LogP contribution in [0, 0.1) is 6.92 Å². The minimum absolute atomic E-state index is 0.0343. The summed E-state index contributed by atoms with van der Waals surface area (Å²) < 4.78 is 0. The van der Waals surface area contributed by atoms with Crippen molar-refractivity contribution in [2.45, 2.75) is 19.8 Å². The molecule has 0 saturated carbocycles. The van der Waals surface area contributed by atoms with Gasteiger partial charge in [-0.25, -0.2) is 0 Å². The van der Waals surface area contributed by atoms with E-state index in [4.69, 9.17) is 0 Å². The molecule has 1 heterocycles. The molecule has 1 fully saturated rings. The molecule has 1 saturated heterocycles. The third kappa shape index (κ3) is 2.80. The molecule has 1 aromatic carbocycles. The Bertz CT molecular complexity index is 485. The molecule has 0 radical (unpaired) electrons. The van der Waals surface area contributed by atoms with Crippen LogP contribution in [-0.2, 0) is 9.59 Å². The highest BCUT2D eigenvalue weighted by atomic mass is 16.3. The zero-order valence-electron chi connectivity index (χ0n) is 10.3. The summed E-state index contributed by atoms with van der Waals surface area (Å²) in [5.74, 6) is 0.0186. The second-order valence-corrected chi connectivity index (χ2v) is 4.47. The number of aromatic hydroxyl groups is 1. The quantitative estimate of drug-likeness (QED) is 0.791. The molecule has 2 rings (SSSR count). The molecule has 0 aromatic heterocycles. The second-order valence-electron chi connectivity index (χ2n) is 4.47. The van der Waals surface area contributed by atoms with Crippen molar-refractivity contribution in [3.8, 4) is 5.75 Å². The molecule has 0 atom stereocenters. The van der Waals surface area contributed by atoms with Crippen LogP contribution in [0.3, 0.4) is 0 Å². The topological polar surface area (TPSA) is 69.6 Å². The number of anilines is 1. The second kappa shape index (κ2) is 5.08.